The molecule has 1 aliphatic heterocycles. The van der Waals surface area contributed by atoms with E-state index >= 15 is 0 Å². The zero-order chi connectivity index (χ0) is 11.0. The summed E-state index contributed by atoms with van der Waals surface area (Å²) in [6.07, 6.45) is 4.01. The fourth-order valence-corrected chi connectivity index (χ4v) is 2.71. The number of hydrogen-bond donors (Lipinski definition) is 1. The van der Waals surface area contributed by atoms with E-state index in [-0.39, 0.29) is 0 Å². The van der Waals surface area contributed by atoms with Gasteiger partial charge in [-0.3, -0.25) is 4.90 Å². The third-order valence-corrected chi connectivity index (χ3v) is 4.02. The van der Waals surface area contributed by atoms with E-state index in [9.17, 15) is 0 Å². The van der Waals surface area contributed by atoms with Gasteiger partial charge in [-0.15, -0.1) is 0 Å². The summed E-state index contributed by atoms with van der Waals surface area (Å²) in [5.74, 6) is 0.823. The van der Waals surface area contributed by atoms with Gasteiger partial charge < -0.3 is 5.73 Å². The molecule has 2 atom stereocenters. The normalized spacial score (nSPS) is 27.4. The number of benzene rings is 1. The Bertz CT molecular complexity index is 345. The fourth-order valence-electron chi connectivity index (χ4n) is 2.71. The van der Waals surface area contributed by atoms with Crippen molar-refractivity contribution in [2.24, 2.45) is 11.7 Å². The molecule has 16 heavy (non-hydrogen) atoms. The van der Waals surface area contributed by atoms with Crippen LogP contribution in [0, 0.1) is 5.92 Å². The molecule has 2 aliphatic rings. The van der Waals surface area contributed by atoms with Crippen LogP contribution in [0.4, 0.5) is 0 Å². The molecule has 2 N–H and O–H groups in total. The van der Waals surface area contributed by atoms with Crippen molar-refractivity contribution in [2.45, 2.75) is 37.9 Å². The van der Waals surface area contributed by atoms with Crippen LogP contribution in [-0.2, 0) is 6.54 Å². The third-order valence-electron chi connectivity index (χ3n) is 4.02. The Balaban J connectivity index is 1.59. The maximum Gasteiger partial charge on any atom is 0.0265 e. The number of hydrogen-bond acceptors (Lipinski definition) is 2. The van der Waals surface area contributed by atoms with Crippen molar-refractivity contribution in [1.82, 2.24) is 4.90 Å². The quantitative estimate of drug-likeness (QED) is 0.834. The van der Waals surface area contributed by atoms with Gasteiger partial charge in [-0.25, -0.2) is 0 Å². The van der Waals surface area contributed by atoms with Crippen molar-refractivity contribution in [1.29, 1.82) is 0 Å². The predicted molar refractivity (Wildman–Crippen MR) is 66.0 cm³/mol. The van der Waals surface area contributed by atoms with Crippen molar-refractivity contribution in [3.05, 3.63) is 35.9 Å². The lowest BCUT2D eigenvalue weighted by Gasteiger charge is -2.44. The van der Waals surface area contributed by atoms with Crippen molar-refractivity contribution in [2.75, 3.05) is 6.54 Å². The molecule has 2 fully saturated rings. The molecule has 1 heterocycles. The lowest BCUT2D eigenvalue weighted by molar-refractivity contribution is 0.0565. The van der Waals surface area contributed by atoms with Crippen LogP contribution in [0.1, 0.15) is 24.8 Å². The molecule has 0 amide bonds. The van der Waals surface area contributed by atoms with Gasteiger partial charge in [0.25, 0.3) is 0 Å². The van der Waals surface area contributed by atoms with Gasteiger partial charge in [-0.2, -0.15) is 0 Å². The van der Waals surface area contributed by atoms with E-state index in [2.05, 4.69) is 35.2 Å². The Morgan fingerprint density at radius 3 is 2.50 bits per heavy atom. The van der Waals surface area contributed by atoms with Gasteiger partial charge >= 0.3 is 0 Å². The van der Waals surface area contributed by atoms with Gasteiger partial charge in [0.1, 0.15) is 0 Å². The van der Waals surface area contributed by atoms with Crippen LogP contribution in [0.25, 0.3) is 0 Å². The molecule has 0 bridgehead atoms. The topological polar surface area (TPSA) is 29.3 Å². The van der Waals surface area contributed by atoms with E-state index in [1.807, 2.05) is 0 Å². The molecule has 86 valence electrons. The van der Waals surface area contributed by atoms with Crippen molar-refractivity contribution < 1.29 is 0 Å². The molecule has 2 nitrogen and oxygen atoms in total. The molecule has 1 aromatic carbocycles. The fraction of sp³-hybridized carbons (Fsp3) is 0.571. The molecule has 0 spiro atoms. The minimum atomic E-state index is 0.428. The maximum atomic E-state index is 6.29. The molecule has 1 saturated carbocycles. The lowest BCUT2D eigenvalue weighted by atomic mass is 9.92. The summed E-state index contributed by atoms with van der Waals surface area (Å²) in [5.41, 5.74) is 7.70. The summed E-state index contributed by atoms with van der Waals surface area (Å²) < 4.78 is 0. The molecule has 1 aliphatic carbocycles. The largest absolute Gasteiger partial charge is 0.326 e. The van der Waals surface area contributed by atoms with Crippen LogP contribution in [0.2, 0.25) is 0 Å². The van der Waals surface area contributed by atoms with E-state index in [1.165, 1.54) is 31.4 Å². The SMILES string of the molecule is NC(C1CC1)C1CCN1Cc1ccccc1. The van der Waals surface area contributed by atoms with Gasteiger partial charge in [0.05, 0.1) is 0 Å². The molecule has 2 heteroatoms. The van der Waals surface area contributed by atoms with Crippen LogP contribution in [0.15, 0.2) is 30.3 Å². The highest BCUT2D eigenvalue weighted by Crippen LogP contribution is 2.37. The summed E-state index contributed by atoms with van der Waals surface area (Å²) >= 11 is 0. The highest BCUT2D eigenvalue weighted by Gasteiger charge is 2.40. The van der Waals surface area contributed by atoms with Gasteiger partial charge in [0.15, 0.2) is 0 Å². The zero-order valence-electron chi connectivity index (χ0n) is 9.68. The molecular weight excluding hydrogens is 196 g/mol. The van der Waals surface area contributed by atoms with Crippen LogP contribution < -0.4 is 5.73 Å². The Hall–Kier alpha value is -0.860. The average molecular weight is 216 g/mol. The van der Waals surface area contributed by atoms with Gasteiger partial charge in [0.2, 0.25) is 0 Å². The van der Waals surface area contributed by atoms with Crippen molar-refractivity contribution >= 4 is 0 Å². The number of nitrogens with two attached hydrogens (primary N) is 1. The average Bonchev–Trinajstić information content (AvgIpc) is 3.09. The first-order valence-electron chi connectivity index (χ1n) is 6.38. The van der Waals surface area contributed by atoms with Crippen molar-refractivity contribution in [3.8, 4) is 0 Å². The van der Waals surface area contributed by atoms with E-state index in [1.54, 1.807) is 0 Å². The highest BCUT2D eigenvalue weighted by atomic mass is 15.2. The smallest absolute Gasteiger partial charge is 0.0265 e. The molecular formula is C14H20N2. The van der Waals surface area contributed by atoms with Crippen molar-refractivity contribution in [3.63, 3.8) is 0 Å². The standard InChI is InChI=1S/C14H20N2/c15-14(12-6-7-12)13-8-9-16(13)10-11-4-2-1-3-5-11/h1-5,12-14H,6-10,15H2. The van der Waals surface area contributed by atoms with Crippen LogP contribution in [0.5, 0.6) is 0 Å². The van der Waals surface area contributed by atoms with E-state index in [4.69, 9.17) is 5.73 Å². The molecule has 3 rings (SSSR count). The summed E-state index contributed by atoms with van der Waals surface area (Å²) in [6.45, 7) is 2.30. The van der Waals surface area contributed by atoms with Crippen LogP contribution >= 0.6 is 0 Å². The second kappa shape index (κ2) is 4.19. The number of rotatable bonds is 4. The Morgan fingerprint density at radius 1 is 1.19 bits per heavy atom. The van der Waals surface area contributed by atoms with E-state index < -0.39 is 0 Å². The lowest BCUT2D eigenvalue weighted by Crippen LogP contribution is -2.57. The predicted octanol–water partition coefficient (Wildman–Crippen LogP) is 2.00. The minimum absolute atomic E-state index is 0.428. The maximum absolute atomic E-state index is 6.29. The Morgan fingerprint density at radius 2 is 1.94 bits per heavy atom. The highest BCUT2D eigenvalue weighted by molar-refractivity contribution is 5.15. The van der Waals surface area contributed by atoms with Crippen LogP contribution in [-0.4, -0.2) is 23.5 Å². The first-order chi connectivity index (χ1) is 7.84. The summed E-state index contributed by atoms with van der Waals surface area (Å²) in [4.78, 5) is 2.54. The second-order valence-corrected chi connectivity index (χ2v) is 5.23. The Kier molecular flexibility index (Phi) is 2.70. The first-order valence-corrected chi connectivity index (χ1v) is 6.38. The molecule has 0 radical (unpaired) electrons. The molecule has 0 aromatic heterocycles. The van der Waals surface area contributed by atoms with Gasteiger partial charge in [-0.1, -0.05) is 30.3 Å². The first kappa shape index (κ1) is 10.3. The van der Waals surface area contributed by atoms with Gasteiger partial charge in [-0.05, 0) is 30.7 Å². The van der Waals surface area contributed by atoms with Crippen LogP contribution in [0.3, 0.4) is 0 Å². The van der Waals surface area contributed by atoms with E-state index in [0.29, 0.717) is 12.1 Å². The molecule has 2 unspecified atom stereocenters. The summed E-state index contributed by atoms with van der Waals surface area (Å²) in [7, 11) is 0. The summed E-state index contributed by atoms with van der Waals surface area (Å²) in [5, 5.41) is 0. The van der Waals surface area contributed by atoms with E-state index in [0.717, 1.165) is 12.5 Å². The monoisotopic (exact) mass is 216 g/mol. The van der Waals surface area contributed by atoms with Gasteiger partial charge in [0, 0.05) is 25.2 Å². The number of likely N-dealkylation sites (tertiary alicyclic amines) is 1. The molecule has 1 aromatic rings. The second-order valence-electron chi connectivity index (χ2n) is 5.23. The minimum Gasteiger partial charge on any atom is -0.326 e. The summed E-state index contributed by atoms with van der Waals surface area (Å²) in [6, 6.07) is 11.8. The zero-order valence-corrected chi connectivity index (χ0v) is 9.68. The number of nitrogens with zero attached hydrogens (tertiary/aromatic N) is 1. The third kappa shape index (κ3) is 2.00. The molecule has 1 saturated heterocycles. The Labute approximate surface area is 97.4 Å².